The summed E-state index contributed by atoms with van der Waals surface area (Å²) in [5.41, 5.74) is 2.06. The predicted octanol–water partition coefficient (Wildman–Crippen LogP) is 1.99. The summed E-state index contributed by atoms with van der Waals surface area (Å²) in [4.78, 5) is 36.2. The van der Waals surface area contributed by atoms with Crippen LogP contribution in [0.25, 0.3) is 0 Å². The third kappa shape index (κ3) is 3.24. The first kappa shape index (κ1) is 18.5. The van der Waals surface area contributed by atoms with Gasteiger partial charge in [-0.15, -0.1) is 5.10 Å². The highest BCUT2D eigenvalue weighted by Crippen LogP contribution is 2.55. The summed E-state index contributed by atoms with van der Waals surface area (Å²) in [6, 6.07) is 13.1. The van der Waals surface area contributed by atoms with Crippen molar-refractivity contribution >= 4 is 17.6 Å². The first-order chi connectivity index (χ1) is 14.6. The number of anilines is 1. The van der Waals surface area contributed by atoms with E-state index in [1.807, 2.05) is 42.5 Å². The van der Waals surface area contributed by atoms with E-state index in [0.717, 1.165) is 24.0 Å². The van der Waals surface area contributed by atoms with Gasteiger partial charge in [0.25, 0.3) is 11.8 Å². The number of carbonyl (C=O) groups excluding carboxylic acids is 2. The normalized spacial score (nSPS) is 19.3. The second kappa shape index (κ2) is 7.05. The van der Waals surface area contributed by atoms with Crippen LogP contribution in [0.15, 0.2) is 48.7 Å². The molecule has 2 aromatic heterocycles. The number of rotatable bonds is 4. The molecule has 1 aromatic carbocycles. The average Bonchev–Trinajstić information content (AvgIpc) is 3.42. The number of carbonyl (C=O) groups is 2. The van der Waals surface area contributed by atoms with E-state index >= 15 is 0 Å². The number of fused-ring (bicyclic) bond motifs is 2. The van der Waals surface area contributed by atoms with Gasteiger partial charge < -0.3 is 5.32 Å². The summed E-state index contributed by atoms with van der Waals surface area (Å²) in [6.45, 7) is 0. The smallest absolute Gasteiger partial charge is 0.291 e. The number of pyridine rings is 1. The van der Waals surface area contributed by atoms with Crippen LogP contribution in [0.4, 0.5) is 5.82 Å². The molecule has 1 fully saturated rings. The number of aromatic amines is 1. The van der Waals surface area contributed by atoms with Gasteiger partial charge in [0, 0.05) is 30.6 Å². The van der Waals surface area contributed by atoms with E-state index in [1.54, 1.807) is 18.1 Å². The third-order valence-electron chi connectivity index (χ3n) is 6.01. The first-order valence-corrected chi connectivity index (χ1v) is 10.0. The van der Waals surface area contributed by atoms with Crippen LogP contribution in [0.1, 0.15) is 46.8 Å². The molecular formula is C22H22N6O2. The summed E-state index contributed by atoms with van der Waals surface area (Å²) in [7, 11) is 1.71. The number of nitrogens with one attached hydrogen (secondary N) is 2. The quantitative estimate of drug-likeness (QED) is 0.695. The fourth-order valence-electron chi connectivity index (χ4n) is 4.23. The minimum Gasteiger partial charge on any atom is -0.337 e. The largest absolute Gasteiger partial charge is 0.337 e. The molecule has 3 heterocycles. The Balaban J connectivity index is 1.34. The van der Waals surface area contributed by atoms with E-state index in [4.69, 9.17) is 0 Å². The number of H-pyrrole nitrogens is 1. The van der Waals surface area contributed by atoms with Gasteiger partial charge in [-0.1, -0.05) is 36.4 Å². The van der Waals surface area contributed by atoms with Crippen molar-refractivity contribution in [2.24, 2.45) is 0 Å². The zero-order valence-electron chi connectivity index (χ0n) is 16.6. The molecule has 0 saturated heterocycles. The Labute approximate surface area is 173 Å². The van der Waals surface area contributed by atoms with Gasteiger partial charge in [-0.25, -0.2) is 9.97 Å². The molecule has 1 atom stereocenters. The van der Waals surface area contributed by atoms with Crippen LogP contribution in [-0.4, -0.2) is 45.1 Å². The van der Waals surface area contributed by atoms with Gasteiger partial charge in [0.15, 0.2) is 0 Å². The Morgan fingerprint density at radius 2 is 2.03 bits per heavy atom. The molecule has 1 saturated carbocycles. The Morgan fingerprint density at radius 3 is 2.80 bits per heavy atom. The van der Waals surface area contributed by atoms with Crippen LogP contribution in [0.5, 0.6) is 0 Å². The van der Waals surface area contributed by atoms with E-state index in [1.165, 1.54) is 0 Å². The fourth-order valence-corrected chi connectivity index (χ4v) is 4.23. The van der Waals surface area contributed by atoms with Gasteiger partial charge in [-0.2, -0.15) is 0 Å². The van der Waals surface area contributed by atoms with Crippen molar-refractivity contribution in [3.05, 3.63) is 71.4 Å². The van der Waals surface area contributed by atoms with E-state index in [2.05, 4.69) is 25.5 Å². The summed E-state index contributed by atoms with van der Waals surface area (Å²) in [5.74, 6) is 0.700. The molecule has 3 aromatic rings. The molecule has 1 aliphatic carbocycles. The Bertz CT molecular complexity index is 1110. The highest BCUT2D eigenvalue weighted by atomic mass is 16.2. The van der Waals surface area contributed by atoms with Crippen molar-refractivity contribution in [1.29, 1.82) is 0 Å². The Morgan fingerprint density at radius 1 is 1.23 bits per heavy atom. The number of benzene rings is 1. The highest BCUT2D eigenvalue weighted by Gasteiger charge is 2.52. The van der Waals surface area contributed by atoms with Crippen molar-refractivity contribution in [3.8, 4) is 0 Å². The van der Waals surface area contributed by atoms with Gasteiger partial charge >= 0.3 is 0 Å². The van der Waals surface area contributed by atoms with Crippen LogP contribution in [0.2, 0.25) is 0 Å². The van der Waals surface area contributed by atoms with Gasteiger partial charge in [-0.3, -0.25) is 19.6 Å². The molecule has 2 N–H and O–H groups in total. The van der Waals surface area contributed by atoms with Crippen LogP contribution in [0, 0.1) is 0 Å². The maximum absolute atomic E-state index is 13.1. The average molecular weight is 402 g/mol. The number of hydrogen-bond donors (Lipinski definition) is 2. The number of likely N-dealkylation sites (N-methyl/N-ethyl adjacent to an activating group) is 1. The molecule has 2 amide bonds. The van der Waals surface area contributed by atoms with E-state index in [9.17, 15) is 9.59 Å². The molecule has 0 unspecified atom stereocenters. The lowest BCUT2D eigenvalue weighted by Gasteiger charge is -2.20. The topological polar surface area (TPSA) is 104 Å². The summed E-state index contributed by atoms with van der Waals surface area (Å²) >= 11 is 0. The van der Waals surface area contributed by atoms with Crippen molar-refractivity contribution in [3.63, 3.8) is 0 Å². The van der Waals surface area contributed by atoms with Crippen LogP contribution in [-0.2, 0) is 16.6 Å². The fraction of sp³-hybridized carbons (Fsp3) is 0.318. The number of aromatic nitrogens is 4. The van der Waals surface area contributed by atoms with Crippen LogP contribution in [0.3, 0.4) is 0 Å². The van der Waals surface area contributed by atoms with Crippen LogP contribution >= 0.6 is 0 Å². The molecule has 5 rings (SSSR count). The highest BCUT2D eigenvalue weighted by molar-refractivity contribution is 6.01. The Kier molecular flexibility index (Phi) is 4.34. The molecule has 0 radical (unpaired) electrons. The monoisotopic (exact) mass is 402 g/mol. The van der Waals surface area contributed by atoms with Crippen LogP contribution < -0.4 is 10.2 Å². The first-order valence-electron chi connectivity index (χ1n) is 10.0. The maximum Gasteiger partial charge on any atom is 0.291 e. The number of hydrogen-bond acceptors (Lipinski definition) is 5. The number of nitrogens with zero attached hydrogens (tertiary/aromatic N) is 4. The minimum absolute atomic E-state index is 0.0427. The molecule has 8 heteroatoms. The van der Waals surface area contributed by atoms with Crippen molar-refractivity contribution in [1.82, 2.24) is 25.5 Å². The van der Waals surface area contributed by atoms with E-state index < -0.39 is 11.9 Å². The van der Waals surface area contributed by atoms with Crippen molar-refractivity contribution in [2.45, 2.75) is 37.1 Å². The van der Waals surface area contributed by atoms with Crippen molar-refractivity contribution < 1.29 is 9.59 Å². The predicted molar refractivity (Wildman–Crippen MR) is 110 cm³/mol. The lowest BCUT2D eigenvalue weighted by molar-refractivity contribution is -0.120. The molecule has 152 valence electrons. The summed E-state index contributed by atoms with van der Waals surface area (Å²) in [6.07, 6.45) is 4.78. The molecule has 1 spiro atoms. The molecule has 30 heavy (non-hydrogen) atoms. The maximum atomic E-state index is 13.1. The SMILES string of the molecule is CN1C(=O)[C@H](NC(=O)c2n[nH]c(Cc3ccccc3)n2)CC2(CC2)c2cccnc21. The molecule has 0 bridgehead atoms. The molecule has 1 aliphatic heterocycles. The van der Waals surface area contributed by atoms with Gasteiger partial charge in [0.2, 0.25) is 5.82 Å². The lowest BCUT2D eigenvalue weighted by atomic mass is 9.90. The minimum atomic E-state index is -0.643. The van der Waals surface area contributed by atoms with E-state index in [-0.39, 0.29) is 17.1 Å². The lowest BCUT2D eigenvalue weighted by Crippen LogP contribution is -2.47. The van der Waals surface area contributed by atoms with Gasteiger partial charge in [0.1, 0.15) is 17.7 Å². The van der Waals surface area contributed by atoms with Gasteiger partial charge in [0.05, 0.1) is 0 Å². The Hall–Kier alpha value is -3.55. The van der Waals surface area contributed by atoms with E-state index in [0.29, 0.717) is 24.5 Å². The zero-order chi connectivity index (χ0) is 20.7. The van der Waals surface area contributed by atoms with Gasteiger partial charge in [-0.05, 0) is 30.9 Å². The zero-order valence-corrected chi connectivity index (χ0v) is 16.6. The third-order valence-corrected chi connectivity index (χ3v) is 6.01. The summed E-state index contributed by atoms with van der Waals surface area (Å²) < 4.78 is 0. The molecule has 8 nitrogen and oxygen atoms in total. The number of amides is 2. The molecular weight excluding hydrogens is 380 g/mol. The standard InChI is InChI=1S/C22H22N6O2/c1-28-19-15(8-5-11-23-19)22(9-10-22)13-16(21(28)30)24-20(29)18-25-17(26-27-18)12-14-6-3-2-4-7-14/h2-8,11,16H,9-10,12-13H2,1H3,(H,24,29)(H,25,26,27)/t16-/m1/s1. The second-order valence-corrected chi connectivity index (χ2v) is 8.05. The summed E-state index contributed by atoms with van der Waals surface area (Å²) in [5, 5.41) is 9.73. The second-order valence-electron chi connectivity index (χ2n) is 8.05. The van der Waals surface area contributed by atoms with Crippen molar-refractivity contribution in [2.75, 3.05) is 11.9 Å². The molecule has 2 aliphatic rings.